The van der Waals surface area contributed by atoms with Crippen molar-refractivity contribution < 1.29 is 8.42 Å². The first-order chi connectivity index (χ1) is 10.9. The molecule has 136 valence electrons. The van der Waals surface area contributed by atoms with Gasteiger partial charge in [0.05, 0.1) is 10.0 Å². The lowest BCUT2D eigenvalue weighted by molar-refractivity contribution is 0.288. The van der Waals surface area contributed by atoms with Crippen LogP contribution in [0.4, 0.5) is 0 Å². The van der Waals surface area contributed by atoms with Gasteiger partial charge in [0.1, 0.15) is 4.90 Å². The number of benzene rings is 1. The highest BCUT2D eigenvalue weighted by Gasteiger charge is 2.33. The van der Waals surface area contributed by atoms with Crippen molar-refractivity contribution in [2.24, 2.45) is 5.92 Å². The summed E-state index contributed by atoms with van der Waals surface area (Å²) < 4.78 is 27.1. The number of nitrogens with one attached hydrogen (secondary N) is 1. The van der Waals surface area contributed by atoms with Crippen molar-refractivity contribution in [3.8, 4) is 0 Å². The van der Waals surface area contributed by atoms with Gasteiger partial charge in [-0.05, 0) is 50.3 Å². The van der Waals surface area contributed by atoms with Gasteiger partial charge in [-0.15, -0.1) is 12.4 Å². The molecule has 9 heteroatoms. The molecule has 24 heavy (non-hydrogen) atoms. The maximum atomic E-state index is 12.8. The topological polar surface area (TPSA) is 49.4 Å². The highest BCUT2D eigenvalue weighted by molar-refractivity contribution is 7.89. The minimum absolute atomic E-state index is 0. The van der Waals surface area contributed by atoms with E-state index in [2.05, 4.69) is 5.32 Å². The molecule has 0 amide bonds. The zero-order chi connectivity index (χ0) is 16.6. The average molecular weight is 434 g/mol. The normalized spacial score (nSPS) is 20.0. The number of piperidine rings is 1. The molecular weight excluding hydrogens is 414 g/mol. The highest BCUT2D eigenvalue weighted by atomic mass is 35.5. The fourth-order valence-corrected chi connectivity index (χ4v) is 5.82. The molecule has 1 saturated heterocycles. The molecule has 1 heterocycles. The molecule has 2 aliphatic rings. The third kappa shape index (κ3) is 4.70. The molecule has 0 atom stereocenters. The predicted molar refractivity (Wildman–Crippen MR) is 101 cm³/mol. The standard InChI is InChI=1S/C15H19Cl3N2O2S.ClH/c16-11-7-13(17)15(14(18)8-11)23(21,22)20-5-3-12(4-6-20)19-9-10-1-2-10;/h7-8,10,12,19H,1-6,9H2;1H. The largest absolute Gasteiger partial charge is 0.314 e. The molecule has 1 aromatic rings. The van der Waals surface area contributed by atoms with Gasteiger partial charge in [-0.1, -0.05) is 34.8 Å². The number of rotatable bonds is 5. The molecule has 3 rings (SSSR count). The molecule has 0 bridgehead atoms. The SMILES string of the molecule is Cl.O=S(=O)(c1c(Cl)cc(Cl)cc1Cl)N1CCC(NCC2CC2)CC1. The van der Waals surface area contributed by atoms with Gasteiger partial charge < -0.3 is 5.32 Å². The molecule has 1 N–H and O–H groups in total. The van der Waals surface area contributed by atoms with Gasteiger partial charge >= 0.3 is 0 Å². The van der Waals surface area contributed by atoms with Gasteiger partial charge in [0.15, 0.2) is 0 Å². The van der Waals surface area contributed by atoms with E-state index in [1.54, 1.807) is 0 Å². The second kappa shape index (κ2) is 8.30. The van der Waals surface area contributed by atoms with Crippen molar-refractivity contribution in [3.63, 3.8) is 0 Å². The van der Waals surface area contributed by atoms with Crippen molar-refractivity contribution in [2.45, 2.75) is 36.6 Å². The molecule has 4 nitrogen and oxygen atoms in total. The van der Waals surface area contributed by atoms with Crippen molar-refractivity contribution in [3.05, 3.63) is 27.2 Å². The van der Waals surface area contributed by atoms with Gasteiger partial charge in [-0.25, -0.2) is 8.42 Å². The molecule has 1 aliphatic heterocycles. The Morgan fingerprint density at radius 1 is 1.04 bits per heavy atom. The first kappa shape index (κ1) is 20.6. The van der Waals surface area contributed by atoms with Crippen molar-refractivity contribution in [2.75, 3.05) is 19.6 Å². The summed E-state index contributed by atoms with van der Waals surface area (Å²) in [6, 6.07) is 3.20. The Bertz CT molecular complexity index is 664. The smallest absolute Gasteiger partial charge is 0.246 e. The molecule has 1 saturated carbocycles. The Morgan fingerprint density at radius 2 is 1.58 bits per heavy atom. The lowest BCUT2D eigenvalue weighted by Gasteiger charge is -2.32. The number of nitrogens with zero attached hydrogens (tertiary/aromatic N) is 1. The van der Waals surface area contributed by atoms with Crippen LogP contribution in [0.1, 0.15) is 25.7 Å². The van der Waals surface area contributed by atoms with E-state index in [0.29, 0.717) is 24.2 Å². The minimum Gasteiger partial charge on any atom is -0.314 e. The van der Waals surface area contributed by atoms with Gasteiger partial charge in [0, 0.05) is 24.2 Å². The summed E-state index contributed by atoms with van der Waals surface area (Å²) >= 11 is 18.0. The first-order valence-electron chi connectivity index (χ1n) is 7.76. The molecule has 1 aliphatic carbocycles. The molecule has 0 spiro atoms. The second-order valence-corrected chi connectivity index (χ2v) is 9.35. The van der Waals surface area contributed by atoms with Crippen LogP contribution in [0.2, 0.25) is 15.1 Å². The van der Waals surface area contributed by atoms with Gasteiger partial charge in [-0.2, -0.15) is 4.31 Å². The van der Waals surface area contributed by atoms with E-state index in [-0.39, 0.29) is 27.3 Å². The van der Waals surface area contributed by atoms with Crippen LogP contribution in [0.25, 0.3) is 0 Å². The maximum absolute atomic E-state index is 12.8. The summed E-state index contributed by atoms with van der Waals surface area (Å²) in [6.45, 7) is 1.99. The van der Waals surface area contributed by atoms with E-state index in [4.69, 9.17) is 34.8 Å². The van der Waals surface area contributed by atoms with Crippen molar-refractivity contribution in [1.29, 1.82) is 0 Å². The third-order valence-electron chi connectivity index (χ3n) is 4.41. The zero-order valence-electron chi connectivity index (χ0n) is 13.0. The van der Waals surface area contributed by atoms with Crippen LogP contribution < -0.4 is 5.32 Å². The van der Waals surface area contributed by atoms with Gasteiger partial charge in [0.25, 0.3) is 0 Å². The van der Waals surface area contributed by atoms with E-state index in [1.807, 2.05) is 0 Å². The summed E-state index contributed by atoms with van der Waals surface area (Å²) in [5, 5.41) is 3.99. The summed E-state index contributed by atoms with van der Waals surface area (Å²) in [5.74, 6) is 0.823. The third-order valence-corrected chi connectivity index (χ3v) is 7.45. The van der Waals surface area contributed by atoms with Crippen LogP contribution in [0.5, 0.6) is 0 Å². The Hall–Kier alpha value is 0.250. The van der Waals surface area contributed by atoms with Crippen LogP contribution in [-0.4, -0.2) is 38.4 Å². The minimum atomic E-state index is -3.70. The zero-order valence-corrected chi connectivity index (χ0v) is 16.9. The Morgan fingerprint density at radius 3 is 2.08 bits per heavy atom. The Balaban J connectivity index is 0.00000208. The monoisotopic (exact) mass is 432 g/mol. The predicted octanol–water partition coefficient (Wildman–Crippen LogP) is 4.22. The highest BCUT2D eigenvalue weighted by Crippen LogP contribution is 2.35. The number of hydrogen-bond donors (Lipinski definition) is 1. The van der Waals surface area contributed by atoms with E-state index in [1.165, 1.54) is 29.3 Å². The molecule has 0 aromatic heterocycles. The summed E-state index contributed by atoms with van der Waals surface area (Å²) in [5.41, 5.74) is 0. The number of halogens is 4. The fourth-order valence-electron chi connectivity index (χ4n) is 2.86. The molecule has 0 unspecified atom stereocenters. The fraction of sp³-hybridized carbons (Fsp3) is 0.600. The molecule has 2 fully saturated rings. The van der Waals surface area contributed by atoms with Crippen molar-refractivity contribution in [1.82, 2.24) is 9.62 Å². The lowest BCUT2D eigenvalue weighted by atomic mass is 10.1. The molecule has 0 radical (unpaired) electrons. The summed E-state index contributed by atoms with van der Waals surface area (Å²) in [4.78, 5) is -0.0466. The lowest BCUT2D eigenvalue weighted by Crippen LogP contribution is -2.45. The van der Waals surface area contributed by atoms with E-state index >= 15 is 0 Å². The maximum Gasteiger partial charge on any atom is 0.246 e. The summed E-state index contributed by atoms with van der Waals surface area (Å²) in [7, 11) is -3.70. The molecular formula is C15H20Cl4N2O2S. The number of sulfonamides is 1. The van der Waals surface area contributed by atoms with E-state index in [0.717, 1.165) is 25.3 Å². The van der Waals surface area contributed by atoms with Crippen LogP contribution in [0.3, 0.4) is 0 Å². The van der Waals surface area contributed by atoms with Crippen LogP contribution in [0.15, 0.2) is 17.0 Å². The Kier molecular flexibility index (Phi) is 7.11. The molecule has 1 aromatic carbocycles. The second-order valence-electron chi connectivity index (χ2n) is 6.23. The van der Waals surface area contributed by atoms with Crippen molar-refractivity contribution >= 4 is 57.2 Å². The Labute approximate surface area is 164 Å². The van der Waals surface area contributed by atoms with E-state index in [9.17, 15) is 8.42 Å². The first-order valence-corrected chi connectivity index (χ1v) is 10.3. The number of hydrogen-bond acceptors (Lipinski definition) is 3. The average Bonchev–Trinajstić information content (AvgIpc) is 3.28. The van der Waals surface area contributed by atoms with Crippen LogP contribution in [0, 0.1) is 5.92 Å². The van der Waals surface area contributed by atoms with Crippen LogP contribution >= 0.6 is 47.2 Å². The van der Waals surface area contributed by atoms with Gasteiger partial charge in [0.2, 0.25) is 10.0 Å². The summed E-state index contributed by atoms with van der Waals surface area (Å²) in [6.07, 6.45) is 4.23. The van der Waals surface area contributed by atoms with Crippen LogP contribution in [-0.2, 0) is 10.0 Å². The quantitative estimate of drug-likeness (QED) is 0.755. The van der Waals surface area contributed by atoms with E-state index < -0.39 is 10.0 Å². The van der Waals surface area contributed by atoms with Gasteiger partial charge in [-0.3, -0.25) is 0 Å².